The van der Waals surface area contributed by atoms with Gasteiger partial charge >= 0.3 is 0 Å². The average molecular weight is 583 g/mol. The van der Waals surface area contributed by atoms with E-state index in [9.17, 15) is 19.8 Å². The lowest BCUT2D eigenvalue weighted by Gasteiger charge is -2.35. The minimum Gasteiger partial charge on any atom is -0.508 e. The number of aliphatic hydroxyl groups excluding tert-OH is 1. The fourth-order valence-electron chi connectivity index (χ4n) is 6.42. The Balaban J connectivity index is 1.35. The maximum atomic E-state index is 14.0. The molecule has 0 spiro atoms. The van der Waals surface area contributed by atoms with Crippen LogP contribution in [0.5, 0.6) is 5.75 Å². The maximum absolute atomic E-state index is 14.0. The Morgan fingerprint density at radius 3 is 2.57 bits per heavy atom. The number of halogens is 1. The van der Waals surface area contributed by atoms with Crippen molar-refractivity contribution in [2.24, 2.45) is 5.92 Å². The molecule has 9 heteroatoms. The minimum absolute atomic E-state index is 0.0790. The fourth-order valence-corrected chi connectivity index (χ4v) is 6.67. The lowest BCUT2D eigenvalue weighted by atomic mass is 9.68. The molecule has 0 saturated heterocycles. The van der Waals surface area contributed by atoms with Gasteiger partial charge in [-0.2, -0.15) is 0 Å². The van der Waals surface area contributed by atoms with Gasteiger partial charge in [0.15, 0.2) is 0 Å². The molecule has 0 radical (unpaired) electrons. The van der Waals surface area contributed by atoms with E-state index in [2.05, 4.69) is 37.1 Å². The molecule has 2 aromatic carbocycles. The summed E-state index contributed by atoms with van der Waals surface area (Å²) in [6.07, 6.45) is 5.80. The Morgan fingerprint density at radius 1 is 1.10 bits per heavy atom. The summed E-state index contributed by atoms with van der Waals surface area (Å²) in [6.45, 7) is 6.73. The lowest BCUT2D eigenvalue weighted by Crippen LogP contribution is -2.31. The highest BCUT2D eigenvalue weighted by molar-refractivity contribution is 6.18. The highest BCUT2D eigenvalue weighted by Crippen LogP contribution is 2.51. The molecule has 4 aromatic rings. The topological polar surface area (TPSA) is 107 Å². The number of carbonyl (C=O) groups is 2. The van der Waals surface area contributed by atoms with E-state index in [0.29, 0.717) is 35.0 Å². The molecule has 0 saturated carbocycles. The molecule has 42 heavy (non-hydrogen) atoms. The molecule has 2 aliphatic rings. The zero-order valence-corrected chi connectivity index (χ0v) is 24.3. The van der Waals surface area contributed by atoms with Gasteiger partial charge in [0.1, 0.15) is 22.8 Å². The van der Waals surface area contributed by atoms with Crippen molar-refractivity contribution >= 4 is 40.5 Å². The number of allylic oxidation sites excluding steroid dienone is 1. The first-order valence-electron chi connectivity index (χ1n) is 13.9. The van der Waals surface area contributed by atoms with Gasteiger partial charge in [0, 0.05) is 59.1 Å². The van der Waals surface area contributed by atoms with Crippen molar-refractivity contribution in [3.63, 3.8) is 0 Å². The van der Waals surface area contributed by atoms with Crippen LogP contribution >= 0.6 is 11.6 Å². The van der Waals surface area contributed by atoms with Gasteiger partial charge in [-0.25, -0.2) is 4.98 Å². The summed E-state index contributed by atoms with van der Waals surface area (Å²) in [7, 11) is 0. The Bertz CT molecular complexity index is 1810. The lowest BCUT2D eigenvalue weighted by molar-refractivity contribution is 0.0810. The molecule has 1 aliphatic heterocycles. The zero-order valence-electron chi connectivity index (χ0n) is 23.6. The van der Waals surface area contributed by atoms with Crippen LogP contribution in [-0.4, -0.2) is 48.7 Å². The SMILES string of the molecule is CCC1(C)C2=C(C=C(O)c3cccc(C)c31)N(C(=O)c1cn3cc(NC(=O)c4ccc(O)cc4)ccc3n1)C[C@H]2CCl. The number of aryl methyl sites for hydroxylation is 1. The van der Waals surface area contributed by atoms with Gasteiger partial charge in [-0.3, -0.25) is 9.59 Å². The monoisotopic (exact) mass is 582 g/mol. The number of hydrogen-bond acceptors (Lipinski definition) is 5. The number of imidazole rings is 1. The van der Waals surface area contributed by atoms with Crippen molar-refractivity contribution in [3.8, 4) is 5.75 Å². The molecule has 3 N–H and O–H groups in total. The Morgan fingerprint density at radius 2 is 1.86 bits per heavy atom. The highest BCUT2D eigenvalue weighted by Gasteiger charge is 2.46. The van der Waals surface area contributed by atoms with E-state index in [0.717, 1.165) is 28.7 Å². The van der Waals surface area contributed by atoms with E-state index in [1.807, 2.05) is 12.1 Å². The number of fused-ring (bicyclic) bond motifs is 2. The van der Waals surface area contributed by atoms with Crippen LogP contribution in [0.2, 0.25) is 0 Å². The summed E-state index contributed by atoms with van der Waals surface area (Å²) in [5, 5.41) is 23.6. The van der Waals surface area contributed by atoms with Crippen LogP contribution in [0.1, 0.15) is 57.8 Å². The number of aliphatic hydroxyl groups is 1. The number of benzene rings is 2. The summed E-state index contributed by atoms with van der Waals surface area (Å²) in [5.41, 5.74) is 5.90. The molecule has 2 atom stereocenters. The number of aromatic nitrogens is 2. The number of anilines is 1. The molecule has 2 aromatic heterocycles. The van der Waals surface area contributed by atoms with E-state index < -0.39 is 5.41 Å². The van der Waals surface area contributed by atoms with Crippen molar-refractivity contribution in [1.82, 2.24) is 14.3 Å². The molecule has 214 valence electrons. The average Bonchev–Trinajstić information content (AvgIpc) is 3.55. The number of amides is 2. The van der Waals surface area contributed by atoms with E-state index in [1.165, 1.54) is 24.3 Å². The molecular formula is C33H31ClN4O4. The first kappa shape index (κ1) is 27.6. The zero-order chi connectivity index (χ0) is 29.8. The number of nitrogens with one attached hydrogen (secondary N) is 1. The van der Waals surface area contributed by atoms with E-state index >= 15 is 0 Å². The molecule has 0 bridgehead atoms. The standard InChI is InChI=1S/C33H31ClN4O4/c1-4-33(3)29-19(2)6-5-7-24(29)27(40)14-26-30(33)21(15-34)16-38(26)32(42)25-18-37-17-22(10-13-28(37)36-25)35-31(41)20-8-11-23(39)12-9-20/h5-14,17-18,21,39-40H,4,15-16H2,1-3H3,(H,35,41)/t21-,33?/m1/s1. The largest absolute Gasteiger partial charge is 0.508 e. The number of hydrogen-bond donors (Lipinski definition) is 3. The quantitative estimate of drug-likeness (QED) is 0.235. The number of rotatable bonds is 5. The maximum Gasteiger partial charge on any atom is 0.278 e. The van der Waals surface area contributed by atoms with Crippen LogP contribution < -0.4 is 5.32 Å². The highest BCUT2D eigenvalue weighted by atomic mass is 35.5. The summed E-state index contributed by atoms with van der Waals surface area (Å²) in [4.78, 5) is 33.0. The van der Waals surface area contributed by atoms with Crippen molar-refractivity contribution in [1.29, 1.82) is 0 Å². The number of nitrogens with zero attached hydrogens (tertiary/aromatic N) is 3. The molecule has 1 aliphatic carbocycles. The number of carbonyl (C=O) groups excluding carboxylic acids is 2. The van der Waals surface area contributed by atoms with Crippen LogP contribution in [0.25, 0.3) is 11.4 Å². The van der Waals surface area contributed by atoms with Gasteiger partial charge in [0.25, 0.3) is 11.8 Å². The summed E-state index contributed by atoms with van der Waals surface area (Å²) in [6, 6.07) is 15.3. The molecule has 3 heterocycles. The predicted octanol–water partition coefficient (Wildman–Crippen LogP) is 6.45. The number of alkyl halides is 1. The third-order valence-electron chi connectivity index (χ3n) is 8.54. The predicted molar refractivity (Wildman–Crippen MR) is 163 cm³/mol. The molecular weight excluding hydrogens is 552 g/mol. The van der Waals surface area contributed by atoms with Crippen LogP contribution in [0.15, 0.2) is 84.3 Å². The van der Waals surface area contributed by atoms with Gasteiger partial charge in [0.2, 0.25) is 0 Å². The Hall–Kier alpha value is -4.56. The normalized spacial score (nSPS) is 19.8. The van der Waals surface area contributed by atoms with Crippen molar-refractivity contribution in [3.05, 3.63) is 112 Å². The van der Waals surface area contributed by atoms with E-state index in [4.69, 9.17) is 11.6 Å². The van der Waals surface area contributed by atoms with E-state index in [-0.39, 0.29) is 34.9 Å². The molecule has 8 nitrogen and oxygen atoms in total. The van der Waals surface area contributed by atoms with Crippen molar-refractivity contribution in [2.75, 3.05) is 17.7 Å². The summed E-state index contributed by atoms with van der Waals surface area (Å²) >= 11 is 6.54. The van der Waals surface area contributed by atoms with Gasteiger partial charge in [-0.1, -0.05) is 32.0 Å². The van der Waals surface area contributed by atoms with Crippen LogP contribution in [0.4, 0.5) is 5.69 Å². The van der Waals surface area contributed by atoms with Crippen LogP contribution in [0, 0.1) is 12.8 Å². The molecule has 2 amide bonds. The van der Waals surface area contributed by atoms with Crippen LogP contribution in [-0.2, 0) is 5.41 Å². The first-order valence-corrected chi connectivity index (χ1v) is 14.4. The molecule has 0 fully saturated rings. The number of phenolic OH excluding ortho intramolecular Hbond substituents is 1. The second-order valence-electron chi connectivity index (χ2n) is 11.1. The minimum atomic E-state index is -0.435. The first-order chi connectivity index (χ1) is 20.1. The Labute approximate surface area is 248 Å². The van der Waals surface area contributed by atoms with Crippen molar-refractivity contribution in [2.45, 2.75) is 32.6 Å². The van der Waals surface area contributed by atoms with Gasteiger partial charge in [-0.05, 0) is 66.4 Å². The Kier molecular flexibility index (Phi) is 6.81. The number of aromatic hydroxyl groups is 1. The van der Waals surface area contributed by atoms with Gasteiger partial charge < -0.3 is 24.8 Å². The molecule has 6 rings (SSSR count). The van der Waals surface area contributed by atoms with Gasteiger partial charge in [-0.15, -0.1) is 11.6 Å². The fraction of sp³-hybridized carbons (Fsp3) is 0.242. The smallest absolute Gasteiger partial charge is 0.278 e. The second-order valence-corrected chi connectivity index (χ2v) is 11.4. The van der Waals surface area contributed by atoms with Gasteiger partial charge in [0.05, 0.1) is 5.69 Å². The third kappa shape index (κ3) is 4.43. The summed E-state index contributed by atoms with van der Waals surface area (Å²) < 4.78 is 1.69. The number of phenols is 1. The second kappa shape index (κ2) is 10.4. The molecule has 1 unspecified atom stereocenters. The van der Waals surface area contributed by atoms with Crippen molar-refractivity contribution < 1.29 is 19.8 Å². The number of pyridine rings is 1. The van der Waals surface area contributed by atoms with E-state index in [1.54, 1.807) is 39.9 Å². The van der Waals surface area contributed by atoms with Crippen LogP contribution in [0.3, 0.4) is 0 Å². The third-order valence-corrected chi connectivity index (χ3v) is 8.91. The summed E-state index contributed by atoms with van der Waals surface area (Å²) in [5.74, 6) is -0.179.